The number of amides is 2. The van der Waals surface area contributed by atoms with Crippen molar-refractivity contribution in [3.63, 3.8) is 0 Å². The number of benzene rings is 2. The molecule has 1 atom stereocenters. The van der Waals surface area contributed by atoms with Gasteiger partial charge in [0.1, 0.15) is 17.1 Å². The number of likely N-dealkylation sites (tertiary alicyclic amines) is 1. The molecule has 0 radical (unpaired) electrons. The van der Waals surface area contributed by atoms with Crippen molar-refractivity contribution in [2.45, 2.75) is 25.4 Å². The highest BCUT2D eigenvalue weighted by Gasteiger charge is 2.51. The van der Waals surface area contributed by atoms with E-state index >= 15 is 0 Å². The third-order valence-electron chi connectivity index (χ3n) is 10.2. The number of rotatable bonds is 6. The zero-order valence-electron chi connectivity index (χ0n) is 27.3. The molecule has 0 saturated carbocycles. The second kappa shape index (κ2) is 12.2. The van der Waals surface area contributed by atoms with Gasteiger partial charge in [-0.15, -0.1) is 5.10 Å². The third kappa shape index (κ3) is 5.82. The van der Waals surface area contributed by atoms with Crippen LogP contribution in [-0.4, -0.2) is 91.1 Å². The number of carbonyl (C=O) groups excluding carboxylic acids is 2. The van der Waals surface area contributed by atoms with Crippen LogP contribution in [0.3, 0.4) is 0 Å². The summed E-state index contributed by atoms with van der Waals surface area (Å²) in [6, 6.07) is 16.1. The van der Waals surface area contributed by atoms with Crippen LogP contribution in [0.1, 0.15) is 30.5 Å². The van der Waals surface area contributed by atoms with E-state index in [1.807, 2.05) is 36.3 Å². The van der Waals surface area contributed by atoms with E-state index in [1.165, 1.54) is 11.6 Å². The average Bonchev–Trinajstić information content (AvgIpc) is 3.92. The van der Waals surface area contributed by atoms with E-state index in [1.54, 1.807) is 21.7 Å². The molecule has 5 aromatic rings. The standard InChI is InChI=1S/C36H34F3N9O2/c1-45-20-30(42-44-45)25-4-2-23(3-5-25)24-9-14-47(15-10-24)32(49)21-46-16-11-35(22-46)12-17-48(34(35)50)27-6-7-29-28(19-27)33(43-41-29)26-8-13-40-31(18-26)36(37,38)39/h2-9,13,18-20H,10-12,14-17,21-22H2,1H3,(H,41,43)/t35-/m0/s1. The van der Waals surface area contributed by atoms with Gasteiger partial charge in [0.15, 0.2) is 0 Å². The molecule has 0 bridgehead atoms. The Bertz CT molecular complexity index is 2140. The number of fused-ring (bicyclic) bond motifs is 1. The summed E-state index contributed by atoms with van der Waals surface area (Å²) < 4.78 is 41.7. The molecule has 11 nitrogen and oxygen atoms in total. The largest absolute Gasteiger partial charge is 0.433 e. The molecule has 3 aromatic heterocycles. The Morgan fingerprint density at radius 2 is 1.78 bits per heavy atom. The molecular formula is C36H34F3N9O2. The van der Waals surface area contributed by atoms with Crippen LogP contribution in [0.4, 0.5) is 18.9 Å². The van der Waals surface area contributed by atoms with Gasteiger partial charge in [-0.1, -0.05) is 35.6 Å². The molecule has 256 valence electrons. The summed E-state index contributed by atoms with van der Waals surface area (Å²) in [6.07, 6.45) is 2.64. The predicted octanol–water partition coefficient (Wildman–Crippen LogP) is 5.18. The molecule has 0 aliphatic carbocycles. The lowest BCUT2D eigenvalue weighted by Gasteiger charge is -2.29. The predicted molar refractivity (Wildman–Crippen MR) is 180 cm³/mol. The maximum Gasteiger partial charge on any atom is 0.433 e. The van der Waals surface area contributed by atoms with E-state index in [2.05, 4.69) is 48.6 Å². The number of carbonyl (C=O) groups is 2. The van der Waals surface area contributed by atoms with E-state index in [-0.39, 0.29) is 23.9 Å². The molecular weight excluding hydrogens is 647 g/mol. The van der Waals surface area contributed by atoms with Gasteiger partial charge in [0, 0.05) is 61.6 Å². The van der Waals surface area contributed by atoms with Crippen molar-refractivity contribution in [2.24, 2.45) is 12.5 Å². The first-order chi connectivity index (χ1) is 24.1. The summed E-state index contributed by atoms with van der Waals surface area (Å²) in [4.78, 5) is 36.5. The van der Waals surface area contributed by atoms with Crippen molar-refractivity contribution in [3.05, 3.63) is 84.3 Å². The van der Waals surface area contributed by atoms with Gasteiger partial charge in [0.2, 0.25) is 11.8 Å². The highest BCUT2D eigenvalue weighted by Crippen LogP contribution is 2.43. The molecule has 6 heterocycles. The number of aryl methyl sites for hydroxylation is 1. The van der Waals surface area contributed by atoms with Crippen LogP contribution in [-0.2, 0) is 22.8 Å². The second-order valence-electron chi connectivity index (χ2n) is 13.4. The lowest BCUT2D eigenvalue weighted by Crippen LogP contribution is -2.43. The Kier molecular flexibility index (Phi) is 7.77. The number of alkyl halides is 3. The van der Waals surface area contributed by atoms with Crippen LogP contribution in [0.2, 0.25) is 0 Å². The Balaban J connectivity index is 0.903. The molecule has 0 unspecified atom stereocenters. The average molecular weight is 682 g/mol. The van der Waals surface area contributed by atoms with Crippen molar-refractivity contribution in [2.75, 3.05) is 44.2 Å². The van der Waals surface area contributed by atoms with Crippen molar-refractivity contribution in [1.82, 2.24) is 40.0 Å². The first-order valence-electron chi connectivity index (χ1n) is 16.6. The van der Waals surface area contributed by atoms with Crippen molar-refractivity contribution < 1.29 is 22.8 Å². The molecule has 2 saturated heterocycles. The number of hydrogen-bond acceptors (Lipinski definition) is 7. The summed E-state index contributed by atoms with van der Waals surface area (Å²) in [7, 11) is 1.84. The number of aromatic nitrogens is 6. The van der Waals surface area contributed by atoms with Gasteiger partial charge in [-0.2, -0.15) is 18.3 Å². The van der Waals surface area contributed by atoms with Crippen molar-refractivity contribution in [3.8, 4) is 22.5 Å². The lowest BCUT2D eigenvalue weighted by molar-refractivity contribution is -0.141. The monoisotopic (exact) mass is 681 g/mol. The fourth-order valence-corrected chi connectivity index (χ4v) is 7.45. The summed E-state index contributed by atoms with van der Waals surface area (Å²) in [5.74, 6) is 0.0661. The van der Waals surface area contributed by atoms with Crippen LogP contribution < -0.4 is 4.90 Å². The zero-order valence-corrected chi connectivity index (χ0v) is 27.3. The van der Waals surface area contributed by atoms with E-state index in [9.17, 15) is 22.8 Å². The molecule has 2 aromatic carbocycles. The van der Waals surface area contributed by atoms with Gasteiger partial charge in [-0.25, -0.2) is 0 Å². The molecule has 1 N–H and O–H groups in total. The van der Waals surface area contributed by atoms with Gasteiger partial charge in [0.05, 0.1) is 23.7 Å². The van der Waals surface area contributed by atoms with Gasteiger partial charge in [-0.05, 0) is 67.3 Å². The van der Waals surface area contributed by atoms with E-state index in [4.69, 9.17) is 0 Å². The third-order valence-corrected chi connectivity index (χ3v) is 10.2. The molecule has 2 fully saturated rings. The minimum atomic E-state index is -4.58. The van der Waals surface area contributed by atoms with Gasteiger partial charge in [0.25, 0.3) is 0 Å². The number of halogens is 3. The van der Waals surface area contributed by atoms with Crippen LogP contribution in [0, 0.1) is 5.41 Å². The number of anilines is 1. The van der Waals surface area contributed by atoms with Gasteiger partial charge < -0.3 is 9.80 Å². The quantitative estimate of drug-likeness (QED) is 0.263. The van der Waals surface area contributed by atoms with Crippen molar-refractivity contribution in [1.29, 1.82) is 0 Å². The van der Waals surface area contributed by atoms with Crippen LogP contribution in [0.25, 0.3) is 39.0 Å². The second-order valence-corrected chi connectivity index (χ2v) is 13.4. The number of hydrogen-bond donors (Lipinski definition) is 1. The normalized spacial score (nSPS) is 20.0. The topological polar surface area (TPSA) is 116 Å². The fraction of sp³-hybridized carbons (Fsp3) is 0.333. The highest BCUT2D eigenvalue weighted by atomic mass is 19.4. The van der Waals surface area contributed by atoms with Crippen LogP contribution >= 0.6 is 0 Å². The molecule has 3 aliphatic heterocycles. The molecule has 2 amide bonds. The Hall–Kier alpha value is -5.37. The first-order valence-corrected chi connectivity index (χ1v) is 16.6. The van der Waals surface area contributed by atoms with Gasteiger partial charge >= 0.3 is 6.18 Å². The zero-order chi connectivity index (χ0) is 34.6. The minimum Gasteiger partial charge on any atom is -0.338 e. The number of nitrogens with one attached hydrogen (secondary N) is 1. The lowest BCUT2D eigenvalue weighted by atomic mass is 9.85. The first kappa shape index (κ1) is 31.9. The Labute approximate surface area is 285 Å². The SMILES string of the molecule is Cn1cc(-c2ccc(C3=CCN(C(=O)CN4CC[C@]5(CCN(c6ccc7[nH]nc(-c8ccnc(C(F)(F)F)c8)c7c6)C5=O)C4)CC3)cc2)nn1. The van der Waals surface area contributed by atoms with Crippen LogP contribution in [0.15, 0.2) is 73.1 Å². The van der Waals surface area contributed by atoms with E-state index in [0.29, 0.717) is 67.8 Å². The molecule has 8 rings (SSSR count). The minimum absolute atomic E-state index is 0.0102. The Morgan fingerprint density at radius 1 is 0.980 bits per heavy atom. The summed E-state index contributed by atoms with van der Waals surface area (Å²) in [5, 5.41) is 16.0. The summed E-state index contributed by atoms with van der Waals surface area (Å²) in [5.41, 5.74) is 4.56. The Morgan fingerprint density at radius 3 is 2.52 bits per heavy atom. The molecule has 3 aliphatic rings. The molecule has 50 heavy (non-hydrogen) atoms. The number of nitrogens with zero attached hydrogens (tertiary/aromatic N) is 8. The fourth-order valence-electron chi connectivity index (χ4n) is 7.45. The summed E-state index contributed by atoms with van der Waals surface area (Å²) >= 11 is 0. The number of pyridine rings is 1. The van der Waals surface area contributed by atoms with Crippen LogP contribution in [0.5, 0.6) is 0 Å². The van der Waals surface area contributed by atoms with E-state index < -0.39 is 17.3 Å². The molecule has 1 spiro atoms. The summed E-state index contributed by atoms with van der Waals surface area (Å²) in [6.45, 7) is 3.14. The van der Waals surface area contributed by atoms with Gasteiger partial charge in [-0.3, -0.25) is 29.3 Å². The van der Waals surface area contributed by atoms with E-state index in [0.717, 1.165) is 35.5 Å². The number of H-pyrrole nitrogens is 1. The highest BCUT2D eigenvalue weighted by molar-refractivity contribution is 6.03. The van der Waals surface area contributed by atoms with Crippen molar-refractivity contribution >= 4 is 34.0 Å². The maximum absolute atomic E-state index is 14.0. The maximum atomic E-state index is 14.0. The smallest absolute Gasteiger partial charge is 0.338 e. The molecule has 14 heteroatoms. The number of aromatic amines is 1.